The van der Waals surface area contributed by atoms with Crippen molar-refractivity contribution in [2.24, 2.45) is 0 Å². The number of fused-ring (bicyclic) bond motifs is 2. The van der Waals surface area contributed by atoms with Crippen molar-refractivity contribution in [1.82, 2.24) is 10.2 Å². The first kappa shape index (κ1) is 25.2. The third-order valence-corrected chi connectivity index (χ3v) is 7.56. The smallest absolute Gasteiger partial charge is 0.169 e. The van der Waals surface area contributed by atoms with Gasteiger partial charge in [0.25, 0.3) is 0 Å². The fourth-order valence-corrected chi connectivity index (χ4v) is 5.81. The van der Waals surface area contributed by atoms with Crippen LogP contribution in [0.5, 0.6) is 11.5 Å². The summed E-state index contributed by atoms with van der Waals surface area (Å²) in [7, 11) is 1.66. The highest BCUT2D eigenvalue weighted by molar-refractivity contribution is 5.79. The Balaban J connectivity index is 1.48. The molecule has 5 nitrogen and oxygen atoms in total. The monoisotopic (exact) mass is 498 g/mol. The topological polar surface area (TPSA) is 43.0 Å². The maximum absolute atomic E-state index is 15.4. The minimum absolute atomic E-state index is 0.120. The summed E-state index contributed by atoms with van der Waals surface area (Å²) in [5.74, 6) is 1.35. The van der Waals surface area contributed by atoms with Crippen molar-refractivity contribution >= 4 is 5.57 Å². The van der Waals surface area contributed by atoms with Crippen molar-refractivity contribution < 1.29 is 23.0 Å². The van der Waals surface area contributed by atoms with Crippen molar-refractivity contribution in [3.63, 3.8) is 0 Å². The van der Waals surface area contributed by atoms with E-state index in [0.29, 0.717) is 44.2 Å². The van der Waals surface area contributed by atoms with Crippen LogP contribution < -0.4 is 14.8 Å². The van der Waals surface area contributed by atoms with Gasteiger partial charge in [-0.15, -0.1) is 0 Å². The lowest BCUT2D eigenvalue weighted by Crippen LogP contribution is -2.57. The van der Waals surface area contributed by atoms with E-state index in [1.807, 2.05) is 12.1 Å². The second-order valence-electron chi connectivity index (χ2n) is 10.1. The molecule has 5 rings (SSSR count). The number of ether oxygens (including phenoxy) is 3. The summed E-state index contributed by atoms with van der Waals surface area (Å²) in [5, 5.41) is 3.19. The number of para-hydroxylation sites is 1. The molecule has 36 heavy (non-hydrogen) atoms. The summed E-state index contributed by atoms with van der Waals surface area (Å²) in [6.45, 7) is 4.16. The van der Waals surface area contributed by atoms with Crippen LogP contribution in [0.25, 0.3) is 5.57 Å². The van der Waals surface area contributed by atoms with Gasteiger partial charge in [-0.1, -0.05) is 36.4 Å². The normalized spacial score (nSPS) is 22.7. The zero-order valence-electron chi connectivity index (χ0n) is 21.2. The van der Waals surface area contributed by atoms with Gasteiger partial charge in [0, 0.05) is 24.7 Å². The lowest BCUT2D eigenvalue weighted by atomic mass is 9.83. The Kier molecular flexibility index (Phi) is 7.60. The summed E-state index contributed by atoms with van der Waals surface area (Å²) >= 11 is 0. The Labute approximate surface area is 212 Å². The number of benzene rings is 2. The van der Waals surface area contributed by atoms with Crippen LogP contribution in [-0.4, -0.2) is 69.8 Å². The van der Waals surface area contributed by atoms with E-state index in [-0.39, 0.29) is 32.0 Å². The van der Waals surface area contributed by atoms with Crippen LogP contribution in [-0.2, 0) is 11.2 Å². The minimum Gasteiger partial charge on any atom is -0.492 e. The molecule has 1 aliphatic carbocycles. The van der Waals surface area contributed by atoms with Gasteiger partial charge in [0.05, 0.1) is 33.0 Å². The van der Waals surface area contributed by atoms with E-state index in [0.717, 1.165) is 18.4 Å². The lowest BCUT2D eigenvalue weighted by molar-refractivity contribution is -0.147. The van der Waals surface area contributed by atoms with Crippen molar-refractivity contribution in [2.75, 3.05) is 53.2 Å². The van der Waals surface area contributed by atoms with Crippen LogP contribution in [0.1, 0.15) is 42.5 Å². The second-order valence-corrected chi connectivity index (χ2v) is 10.1. The first-order chi connectivity index (χ1) is 17.5. The largest absolute Gasteiger partial charge is 0.492 e. The number of alkyl halides is 2. The van der Waals surface area contributed by atoms with Crippen LogP contribution >= 0.6 is 0 Å². The van der Waals surface area contributed by atoms with E-state index in [9.17, 15) is 4.39 Å². The van der Waals surface area contributed by atoms with E-state index in [2.05, 4.69) is 47.5 Å². The predicted octanol–water partition coefficient (Wildman–Crippen LogP) is 4.91. The number of nitrogens with zero attached hydrogens (tertiary/aromatic N) is 1. The molecule has 0 aromatic heterocycles. The molecule has 0 unspecified atom stereocenters. The van der Waals surface area contributed by atoms with Gasteiger partial charge in [0.1, 0.15) is 6.61 Å². The Hall–Kier alpha value is -2.48. The molecule has 2 atom stereocenters. The van der Waals surface area contributed by atoms with Crippen molar-refractivity contribution in [1.29, 1.82) is 0 Å². The first-order valence-electron chi connectivity index (χ1n) is 12.9. The van der Waals surface area contributed by atoms with Crippen LogP contribution in [0.3, 0.4) is 0 Å². The minimum atomic E-state index is -1.33. The number of hydrogen-bond acceptors (Lipinski definition) is 5. The van der Waals surface area contributed by atoms with Gasteiger partial charge >= 0.3 is 0 Å². The van der Waals surface area contributed by atoms with E-state index in [4.69, 9.17) is 14.2 Å². The standard InChI is InChI=1S/C29H36F2N2O3/c1-20-15-24-22-8-4-3-7-21(22)16-25(24)27(33(20)17-29(31)18-35-19-29)23-9-5-10-26(28(23)34-2)36-14-13-32-12-6-11-30/h3-5,7-10,20,27,32H,6,11-19H2,1-2H3/t20-,27-/m1/s1. The molecule has 0 bridgehead atoms. The summed E-state index contributed by atoms with van der Waals surface area (Å²) in [4.78, 5) is 2.30. The Morgan fingerprint density at radius 1 is 1.14 bits per heavy atom. The zero-order chi connectivity index (χ0) is 25.1. The molecule has 2 aromatic carbocycles. The molecule has 0 spiro atoms. The SMILES string of the molecule is COc1c(OCCNCCCF)cccc1[C@@H]1C2=C(C[C@@H](C)N1CC1(F)COC1)c1ccccc1C2. The number of rotatable bonds is 11. The van der Waals surface area contributed by atoms with E-state index in [1.165, 1.54) is 22.3 Å². The van der Waals surface area contributed by atoms with Crippen LogP contribution in [0.4, 0.5) is 8.78 Å². The second kappa shape index (κ2) is 10.9. The van der Waals surface area contributed by atoms with E-state index >= 15 is 4.39 Å². The van der Waals surface area contributed by atoms with E-state index in [1.54, 1.807) is 7.11 Å². The Morgan fingerprint density at radius 2 is 1.97 bits per heavy atom. The van der Waals surface area contributed by atoms with Crippen LogP contribution in [0.2, 0.25) is 0 Å². The summed E-state index contributed by atoms with van der Waals surface area (Å²) in [5.41, 5.74) is 5.01. The highest BCUT2D eigenvalue weighted by Crippen LogP contribution is 2.52. The molecule has 1 N–H and O–H groups in total. The van der Waals surface area contributed by atoms with Gasteiger partial charge in [0.2, 0.25) is 0 Å². The fourth-order valence-electron chi connectivity index (χ4n) is 5.81. The van der Waals surface area contributed by atoms with Gasteiger partial charge in [-0.3, -0.25) is 9.29 Å². The molecule has 0 radical (unpaired) electrons. The quantitative estimate of drug-likeness (QED) is 0.446. The molecule has 7 heteroatoms. The molecular weight excluding hydrogens is 462 g/mol. The van der Waals surface area contributed by atoms with Crippen LogP contribution in [0, 0.1) is 0 Å². The molecule has 1 fully saturated rings. The predicted molar refractivity (Wildman–Crippen MR) is 137 cm³/mol. The molecule has 2 aliphatic heterocycles. The third kappa shape index (κ3) is 4.89. The molecular formula is C29H36F2N2O3. The molecule has 0 amide bonds. The maximum atomic E-state index is 15.4. The Bertz CT molecular complexity index is 1100. The average molecular weight is 499 g/mol. The molecule has 3 aliphatic rings. The van der Waals surface area contributed by atoms with Crippen molar-refractivity contribution in [3.8, 4) is 11.5 Å². The number of methoxy groups -OCH3 is 1. The highest BCUT2D eigenvalue weighted by Gasteiger charge is 2.47. The fraction of sp³-hybridized carbons (Fsp3) is 0.517. The summed E-state index contributed by atoms with van der Waals surface area (Å²) in [6, 6.07) is 14.6. The van der Waals surface area contributed by atoms with Gasteiger partial charge in [-0.05, 0) is 61.1 Å². The molecule has 0 saturated carbocycles. The summed E-state index contributed by atoms with van der Waals surface area (Å²) in [6.07, 6.45) is 2.24. The van der Waals surface area contributed by atoms with Crippen LogP contribution in [0.15, 0.2) is 48.0 Å². The maximum Gasteiger partial charge on any atom is 0.169 e. The summed E-state index contributed by atoms with van der Waals surface area (Å²) < 4.78 is 45.1. The zero-order valence-corrected chi connectivity index (χ0v) is 21.2. The molecule has 194 valence electrons. The molecule has 2 heterocycles. The number of nitrogens with one attached hydrogen (secondary N) is 1. The molecule has 1 saturated heterocycles. The first-order valence-corrected chi connectivity index (χ1v) is 12.9. The molecule has 2 aromatic rings. The van der Waals surface area contributed by atoms with Gasteiger partial charge < -0.3 is 19.5 Å². The van der Waals surface area contributed by atoms with Gasteiger partial charge in [-0.2, -0.15) is 0 Å². The third-order valence-electron chi connectivity index (χ3n) is 7.56. The average Bonchev–Trinajstić information content (AvgIpc) is 3.23. The van der Waals surface area contributed by atoms with Crippen molar-refractivity contribution in [2.45, 2.75) is 43.9 Å². The highest BCUT2D eigenvalue weighted by atomic mass is 19.1. The number of hydrogen-bond donors (Lipinski definition) is 1. The van der Waals surface area contributed by atoms with Crippen molar-refractivity contribution in [3.05, 3.63) is 64.7 Å². The number of halogens is 2. The van der Waals surface area contributed by atoms with E-state index < -0.39 is 5.67 Å². The van der Waals surface area contributed by atoms with Gasteiger partial charge in [-0.25, -0.2) is 4.39 Å². The Morgan fingerprint density at radius 3 is 2.72 bits per heavy atom. The lowest BCUT2D eigenvalue weighted by Gasteiger charge is -2.47. The van der Waals surface area contributed by atoms with Gasteiger partial charge in [0.15, 0.2) is 17.2 Å².